The minimum absolute atomic E-state index is 0.130. The van der Waals surface area contributed by atoms with Crippen molar-refractivity contribution in [3.63, 3.8) is 0 Å². The highest BCUT2D eigenvalue weighted by Crippen LogP contribution is 2.28. The van der Waals surface area contributed by atoms with E-state index in [2.05, 4.69) is 0 Å². The maximum atomic E-state index is 11.9. The van der Waals surface area contributed by atoms with Crippen LogP contribution in [0.25, 0.3) is 12.2 Å². The summed E-state index contributed by atoms with van der Waals surface area (Å²) in [6.45, 7) is 1.98. The number of carbonyl (C=O) groups is 1. The van der Waals surface area contributed by atoms with Crippen molar-refractivity contribution in [2.24, 2.45) is 0 Å². The van der Waals surface area contributed by atoms with Crippen molar-refractivity contribution < 1.29 is 24.1 Å². The number of aryl methyl sites for hydroxylation is 1. The van der Waals surface area contributed by atoms with Crippen molar-refractivity contribution in [1.82, 2.24) is 0 Å². The molecule has 0 unspecified atom stereocenters. The Morgan fingerprint density at radius 1 is 0.750 bits per heavy atom. The molecule has 32 heavy (non-hydrogen) atoms. The number of carbonyl (C=O) groups excluding carboxylic acids is 1. The Hall–Kier alpha value is -3.99. The van der Waals surface area contributed by atoms with E-state index in [4.69, 9.17) is 14.2 Å². The minimum Gasteiger partial charge on any atom is -0.508 e. The number of allylic oxidation sites excluding steroid dienone is 7. The lowest BCUT2D eigenvalue weighted by Crippen LogP contribution is -1.90. The quantitative estimate of drug-likeness (QED) is 0.289. The molecule has 0 spiro atoms. The molecule has 0 bridgehead atoms. The van der Waals surface area contributed by atoms with E-state index in [0.29, 0.717) is 11.5 Å². The fraction of sp³-hybridized carbons (Fsp3) is 0.148. The zero-order valence-corrected chi connectivity index (χ0v) is 18.7. The van der Waals surface area contributed by atoms with Crippen LogP contribution < -0.4 is 14.2 Å². The van der Waals surface area contributed by atoms with Crippen LogP contribution in [0.1, 0.15) is 16.7 Å². The first-order valence-corrected chi connectivity index (χ1v) is 9.97. The minimum atomic E-state index is -0.323. The lowest BCUT2D eigenvalue weighted by Gasteiger charge is -2.07. The fourth-order valence-corrected chi connectivity index (χ4v) is 2.78. The summed E-state index contributed by atoms with van der Waals surface area (Å²) in [5, 5.41) is 9.90. The molecule has 0 aromatic heterocycles. The number of ether oxygens (including phenoxy) is 3. The molecule has 0 fully saturated rings. The number of methoxy groups -OCH3 is 3. The van der Waals surface area contributed by atoms with Gasteiger partial charge in [-0.15, -0.1) is 0 Å². The molecule has 0 aliphatic carbocycles. The summed E-state index contributed by atoms with van der Waals surface area (Å²) >= 11 is 0. The van der Waals surface area contributed by atoms with E-state index in [1.807, 2.05) is 55.5 Å². The molecule has 5 heteroatoms. The summed E-state index contributed by atoms with van der Waals surface area (Å²) in [4.78, 5) is 11.9. The molecular weight excluding hydrogens is 404 g/mol. The Labute approximate surface area is 189 Å². The van der Waals surface area contributed by atoms with E-state index in [9.17, 15) is 9.90 Å². The van der Waals surface area contributed by atoms with Crippen molar-refractivity contribution in [2.75, 3.05) is 21.3 Å². The smallest absolute Gasteiger partial charge is 0.182 e. The molecule has 0 radical (unpaired) electrons. The number of ketones is 1. The molecule has 166 valence electrons. The molecule has 0 saturated heterocycles. The van der Waals surface area contributed by atoms with Gasteiger partial charge in [0.05, 0.1) is 21.3 Å². The van der Waals surface area contributed by atoms with Crippen molar-refractivity contribution in [3.05, 3.63) is 101 Å². The molecule has 2 aromatic rings. The molecule has 0 aliphatic rings. The third-order valence-corrected chi connectivity index (χ3v) is 4.46. The first-order valence-electron chi connectivity index (χ1n) is 9.97. The highest BCUT2D eigenvalue weighted by molar-refractivity contribution is 5.99. The zero-order valence-electron chi connectivity index (χ0n) is 18.7. The summed E-state index contributed by atoms with van der Waals surface area (Å²) in [5.41, 5.74) is 2.94. The van der Waals surface area contributed by atoms with Gasteiger partial charge in [-0.25, -0.2) is 0 Å². The van der Waals surface area contributed by atoms with Crippen molar-refractivity contribution >= 4 is 17.9 Å². The standard InChI is InChI=1S/C27H28O5/c1-20-13-14-21(17-26(20)31-3)9-5-7-11-23(28)19-24(29)12-8-6-10-22-15-16-25(30-2)27(18-22)32-4/h5-19,28H,1-4H3/b9-5+,10-6+,11-7+,12-8+,23-19-. The van der Waals surface area contributed by atoms with Gasteiger partial charge in [-0.05, 0) is 54.0 Å². The second-order valence-corrected chi connectivity index (χ2v) is 6.75. The van der Waals surface area contributed by atoms with Crippen LogP contribution in [0.4, 0.5) is 0 Å². The lowest BCUT2D eigenvalue weighted by atomic mass is 10.1. The topological polar surface area (TPSA) is 65.0 Å². The molecule has 0 saturated carbocycles. The third kappa shape index (κ3) is 7.69. The number of hydrogen-bond acceptors (Lipinski definition) is 5. The first-order chi connectivity index (χ1) is 15.5. The van der Waals surface area contributed by atoms with Gasteiger partial charge < -0.3 is 19.3 Å². The van der Waals surface area contributed by atoms with E-state index >= 15 is 0 Å². The van der Waals surface area contributed by atoms with Gasteiger partial charge >= 0.3 is 0 Å². The van der Waals surface area contributed by atoms with E-state index in [0.717, 1.165) is 28.5 Å². The lowest BCUT2D eigenvalue weighted by molar-refractivity contribution is -0.110. The number of aliphatic hydroxyl groups is 1. The molecule has 1 N–H and O–H groups in total. The molecule has 0 atom stereocenters. The predicted molar refractivity (Wildman–Crippen MR) is 129 cm³/mol. The van der Waals surface area contributed by atoms with Gasteiger partial charge in [-0.2, -0.15) is 0 Å². The van der Waals surface area contributed by atoms with Crippen LogP contribution in [0.3, 0.4) is 0 Å². The summed E-state index contributed by atoms with van der Waals surface area (Å²) in [6, 6.07) is 11.4. The van der Waals surface area contributed by atoms with Crippen LogP contribution in [0, 0.1) is 6.92 Å². The maximum Gasteiger partial charge on any atom is 0.182 e. The number of rotatable bonds is 10. The largest absolute Gasteiger partial charge is 0.508 e. The van der Waals surface area contributed by atoms with Gasteiger partial charge in [0, 0.05) is 6.08 Å². The molecule has 0 aliphatic heterocycles. The predicted octanol–water partition coefficient (Wildman–Crippen LogP) is 5.87. The van der Waals surface area contributed by atoms with E-state index in [-0.39, 0.29) is 11.5 Å². The maximum absolute atomic E-state index is 11.9. The molecule has 2 rings (SSSR count). The van der Waals surface area contributed by atoms with Crippen LogP contribution in [0.5, 0.6) is 17.2 Å². The monoisotopic (exact) mass is 432 g/mol. The third-order valence-electron chi connectivity index (χ3n) is 4.46. The Morgan fingerprint density at radius 3 is 1.94 bits per heavy atom. The van der Waals surface area contributed by atoms with E-state index in [1.54, 1.807) is 45.6 Å². The summed E-state index contributed by atoms with van der Waals surface area (Å²) < 4.78 is 15.8. The van der Waals surface area contributed by atoms with Crippen molar-refractivity contribution in [1.29, 1.82) is 0 Å². The Morgan fingerprint density at radius 2 is 1.31 bits per heavy atom. The zero-order chi connectivity index (χ0) is 23.3. The number of aliphatic hydroxyl groups excluding tert-OH is 1. The van der Waals surface area contributed by atoms with Gasteiger partial charge in [-0.3, -0.25) is 4.79 Å². The Balaban J connectivity index is 1.91. The normalized spacial score (nSPS) is 12.3. The van der Waals surface area contributed by atoms with Crippen LogP contribution in [0.2, 0.25) is 0 Å². The average molecular weight is 433 g/mol. The van der Waals surface area contributed by atoms with Gasteiger partial charge in [0.1, 0.15) is 11.5 Å². The summed E-state index contributed by atoms with van der Waals surface area (Å²) in [6.07, 6.45) is 14.5. The summed E-state index contributed by atoms with van der Waals surface area (Å²) in [7, 11) is 4.79. The van der Waals surface area contributed by atoms with Gasteiger partial charge in [0.25, 0.3) is 0 Å². The highest BCUT2D eigenvalue weighted by Gasteiger charge is 2.02. The molecule has 0 amide bonds. The number of hydrogen-bond donors (Lipinski definition) is 1. The SMILES string of the molecule is COc1cc(/C=C/C=C/C(O)=C/C(=O)/C=C/C=C/c2ccc(OC)c(OC)c2)ccc1C. The first kappa shape index (κ1) is 24.3. The van der Waals surface area contributed by atoms with Crippen LogP contribution in [-0.2, 0) is 4.79 Å². The second-order valence-electron chi connectivity index (χ2n) is 6.75. The molecule has 0 heterocycles. The van der Waals surface area contributed by atoms with Crippen LogP contribution >= 0.6 is 0 Å². The van der Waals surface area contributed by atoms with Crippen molar-refractivity contribution in [2.45, 2.75) is 6.92 Å². The Bertz CT molecular complexity index is 1070. The second kappa shape index (κ2) is 12.6. The van der Waals surface area contributed by atoms with E-state index < -0.39 is 0 Å². The molecule has 5 nitrogen and oxygen atoms in total. The fourth-order valence-electron chi connectivity index (χ4n) is 2.78. The Kier molecular flexibility index (Phi) is 9.60. The van der Waals surface area contributed by atoms with Gasteiger partial charge in [0.2, 0.25) is 0 Å². The van der Waals surface area contributed by atoms with Crippen molar-refractivity contribution in [3.8, 4) is 17.2 Å². The van der Waals surface area contributed by atoms with E-state index in [1.165, 1.54) is 12.2 Å². The summed E-state index contributed by atoms with van der Waals surface area (Å²) in [5.74, 6) is 1.64. The van der Waals surface area contributed by atoms with Crippen LogP contribution in [0.15, 0.2) is 84.7 Å². The molecular formula is C27H28O5. The average Bonchev–Trinajstić information content (AvgIpc) is 2.80. The van der Waals surface area contributed by atoms with Crippen LogP contribution in [-0.4, -0.2) is 32.2 Å². The number of benzene rings is 2. The van der Waals surface area contributed by atoms with Gasteiger partial charge in [0.15, 0.2) is 17.3 Å². The molecule has 2 aromatic carbocycles. The highest BCUT2D eigenvalue weighted by atomic mass is 16.5. The van der Waals surface area contributed by atoms with Gasteiger partial charge in [-0.1, -0.05) is 54.7 Å².